The smallest absolute Gasteiger partial charge is 0.334 e. The number of aromatic nitrogens is 10. The molecule has 0 spiro atoms. The van der Waals surface area contributed by atoms with E-state index in [1.807, 2.05) is 120 Å². The van der Waals surface area contributed by atoms with Crippen LogP contribution in [-0.2, 0) is 35.2 Å². The summed E-state index contributed by atoms with van der Waals surface area (Å²) in [4.78, 5) is 23.1. The molecular formula is C114H93N10O5+5. The number of furan rings is 5. The van der Waals surface area contributed by atoms with E-state index in [4.69, 9.17) is 27.1 Å². The van der Waals surface area contributed by atoms with Crippen molar-refractivity contribution < 1.29 is 44.9 Å². The molecule has 0 amide bonds. The molecule has 0 aliphatic carbocycles. The minimum absolute atomic E-state index is 0.902. The average molecular weight is 1680 g/mol. The van der Waals surface area contributed by atoms with Gasteiger partial charge in [-0.3, -0.25) is 0 Å². The van der Waals surface area contributed by atoms with Gasteiger partial charge in [0.05, 0.1) is 65.6 Å². The van der Waals surface area contributed by atoms with E-state index < -0.39 is 0 Å². The van der Waals surface area contributed by atoms with Gasteiger partial charge in [0, 0.05) is 97.5 Å². The van der Waals surface area contributed by atoms with E-state index in [1.54, 1.807) is 0 Å². The van der Waals surface area contributed by atoms with Crippen LogP contribution in [0.1, 0.15) is 50.3 Å². The van der Waals surface area contributed by atoms with Crippen molar-refractivity contribution in [2.24, 2.45) is 35.2 Å². The molecule has 10 heterocycles. The van der Waals surface area contributed by atoms with E-state index in [0.717, 1.165) is 200 Å². The molecule has 0 radical (unpaired) electrons. The standard InChI is InChI=1S/4C23H19N2O.C22H17N2O/c1-14-11-19-18-12-16-7-4-5-8-17(16)13-20(18)26-22(19)21(15(14)2)23-24-9-6-10-25(23)3;1-14-12-24-23(25(3)13-14)21-15(2)8-9-18-19-10-16-6-4-5-7-17(16)11-20(19)26-22(18)21;1-14-8-9-18-19-11-16-6-4-5-7-17(16)12-21(19)26-23(18)22(14)20-10-15(2)24-13-25(20)3;1-14-8-9-18-19-12-16-6-4-5-7-17(16)13-20(19)26-22(18)21(14)23-24-15(2)10-11-25(23)3;1-14-8-9-17-18-12-15-6-3-4-7-16(15)13-19(18)25-21(17)20(14)22-23-10-5-11-24(22)2/h4*4-13H,1-3H3;3-13H,1-2H3/q5*+1. The summed E-state index contributed by atoms with van der Waals surface area (Å²) >= 11 is 0. The van der Waals surface area contributed by atoms with E-state index in [1.165, 1.54) is 70.6 Å². The van der Waals surface area contributed by atoms with Crippen LogP contribution in [0.5, 0.6) is 0 Å². The molecule has 0 saturated heterocycles. The fraction of sp³-hybridized carbons (Fsp3) is 0.123. The summed E-state index contributed by atoms with van der Waals surface area (Å²) in [5.74, 6) is 3.68. The molecule has 10 aromatic heterocycles. The normalized spacial score (nSPS) is 11.6. The van der Waals surface area contributed by atoms with Gasteiger partial charge in [-0.15, -0.1) is 0 Å². The van der Waals surface area contributed by atoms with Crippen molar-refractivity contribution in [1.82, 2.24) is 24.9 Å². The fourth-order valence-electron chi connectivity index (χ4n) is 18.6. The van der Waals surface area contributed by atoms with Crippen molar-refractivity contribution in [3.63, 3.8) is 0 Å². The Kier molecular flexibility index (Phi) is 20.0. The van der Waals surface area contributed by atoms with E-state index in [2.05, 4.69) is 331 Å². The highest BCUT2D eigenvalue weighted by atomic mass is 16.3. The molecule has 0 saturated carbocycles. The van der Waals surface area contributed by atoms with Crippen molar-refractivity contribution in [2.75, 3.05) is 0 Å². The molecule has 0 N–H and O–H groups in total. The van der Waals surface area contributed by atoms with Gasteiger partial charge in [0.2, 0.25) is 0 Å². The topological polar surface area (TPSA) is 150 Å². The van der Waals surface area contributed by atoms with Crippen molar-refractivity contribution in [2.45, 2.75) is 62.3 Å². The Hall–Kier alpha value is -16.0. The lowest BCUT2D eigenvalue weighted by Crippen LogP contribution is -2.32. The maximum atomic E-state index is 6.39. The number of hydrogen-bond donors (Lipinski definition) is 0. The summed E-state index contributed by atoms with van der Waals surface area (Å²) in [7, 11) is 10.1. The molecule has 0 bridgehead atoms. The number of benzene rings is 15. The van der Waals surface area contributed by atoms with Crippen LogP contribution >= 0.6 is 0 Å². The van der Waals surface area contributed by atoms with Crippen molar-refractivity contribution >= 4 is 164 Å². The fourth-order valence-corrected chi connectivity index (χ4v) is 18.6. The Morgan fingerprint density at radius 3 is 0.946 bits per heavy atom. The van der Waals surface area contributed by atoms with Crippen LogP contribution in [-0.4, -0.2) is 24.9 Å². The van der Waals surface area contributed by atoms with Gasteiger partial charge < -0.3 is 22.1 Å². The number of nitrogens with zero attached hydrogens (tertiary/aromatic N) is 10. The molecular weight excluding hydrogens is 1590 g/mol. The zero-order valence-electron chi connectivity index (χ0n) is 74.5. The molecule has 15 aromatic carbocycles. The first kappa shape index (κ1) is 80.1. The maximum Gasteiger partial charge on any atom is 0.334 e. The molecule has 129 heavy (non-hydrogen) atoms. The van der Waals surface area contributed by atoms with Crippen molar-refractivity contribution in [3.05, 3.63) is 361 Å². The molecule has 0 unspecified atom stereocenters. The largest absolute Gasteiger partial charge is 0.455 e. The van der Waals surface area contributed by atoms with Gasteiger partial charge in [-0.05, 0) is 222 Å². The van der Waals surface area contributed by atoms with Crippen LogP contribution in [0.2, 0.25) is 0 Å². The maximum absolute atomic E-state index is 6.39. The first-order chi connectivity index (χ1) is 62.7. The van der Waals surface area contributed by atoms with E-state index in [9.17, 15) is 0 Å². The summed E-state index contributed by atoms with van der Waals surface area (Å²) in [6.45, 7) is 18.8. The minimum atomic E-state index is 0.902. The highest BCUT2D eigenvalue weighted by molar-refractivity contribution is 6.18. The summed E-state index contributed by atoms with van der Waals surface area (Å²) in [6.07, 6.45) is 15.6. The number of hydrogen-bond acceptors (Lipinski definition) is 10. The third-order valence-corrected chi connectivity index (χ3v) is 25.5. The molecule has 25 aromatic rings. The molecule has 624 valence electrons. The van der Waals surface area contributed by atoms with Gasteiger partial charge in [-0.2, -0.15) is 0 Å². The van der Waals surface area contributed by atoms with Crippen LogP contribution in [0.3, 0.4) is 0 Å². The van der Waals surface area contributed by atoms with Crippen LogP contribution in [0.25, 0.3) is 220 Å². The zero-order valence-corrected chi connectivity index (χ0v) is 74.5. The van der Waals surface area contributed by atoms with Crippen LogP contribution in [0, 0.1) is 62.3 Å². The van der Waals surface area contributed by atoms with Gasteiger partial charge in [0.25, 0.3) is 6.33 Å². The Morgan fingerprint density at radius 1 is 0.240 bits per heavy atom. The van der Waals surface area contributed by atoms with Gasteiger partial charge >= 0.3 is 23.3 Å². The number of fused-ring (bicyclic) bond motifs is 20. The summed E-state index contributed by atoms with van der Waals surface area (Å²) in [5.41, 5.74) is 25.9. The second-order valence-corrected chi connectivity index (χ2v) is 34.3. The Balaban J connectivity index is 0.0000000978. The number of rotatable bonds is 5. The van der Waals surface area contributed by atoms with E-state index in [-0.39, 0.29) is 0 Å². The van der Waals surface area contributed by atoms with Gasteiger partial charge in [-0.25, -0.2) is 22.8 Å². The van der Waals surface area contributed by atoms with Crippen LogP contribution in [0.4, 0.5) is 0 Å². The van der Waals surface area contributed by atoms with Crippen LogP contribution in [0.15, 0.2) is 333 Å². The summed E-state index contributed by atoms with van der Waals surface area (Å²) < 4.78 is 42.1. The lowest BCUT2D eigenvalue weighted by Gasteiger charge is -2.07. The average Bonchev–Trinajstić information content (AvgIpc) is 1.60. The molecule has 15 nitrogen and oxygen atoms in total. The lowest BCUT2D eigenvalue weighted by atomic mass is 9.97. The predicted molar refractivity (Wildman–Crippen MR) is 521 cm³/mol. The zero-order chi connectivity index (χ0) is 88.3. The molecule has 25 rings (SSSR count). The monoisotopic (exact) mass is 1680 g/mol. The highest BCUT2D eigenvalue weighted by Gasteiger charge is 2.30. The predicted octanol–water partition coefficient (Wildman–Crippen LogP) is 25.9. The minimum Gasteiger partial charge on any atom is -0.455 e. The quantitative estimate of drug-likeness (QED) is 0.152. The second kappa shape index (κ2) is 32.2. The third kappa shape index (κ3) is 14.3. The Labute approximate surface area is 744 Å². The number of aryl methyl sites for hydroxylation is 13. The Morgan fingerprint density at radius 2 is 0.566 bits per heavy atom. The molecule has 0 aliphatic rings. The highest BCUT2D eigenvalue weighted by Crippen LogP contribution is 2.45. The van der Waals surface area contributed by atoms with Gasteiger partial charge in [0.15, 0.2) is 33.7 Å². The van der Waals surface area contributed by atoms with E-state index >= 15 is 0 Å². The molecule has 0 fully saturated rings. The SMILES string of the molecule is Cc1cc(-c2c(C)ccc3c2oc2cc4ccccc4cc23)[n+](C)cn1.Cc1cc2c(oc3cc4ccccc4cc32)c(-c2nccc[n+]2C)c1C.Cc1cc[n+](C)c(-c2c(C)ccc3c2oc2cc4ccccc4cc23)n1.Cc1ccc2c(oc3cc4ccccc4cc32)c1-c1nccc[n+]1C.Cc1cnc(-c2c(C)ccc3c2oc2cc4ccccc4cc23)[n+](C)c1. The summed E-state index contributed by atoms with van der Waals surface area (Å²) in [6, 6.07) is 91.3. The third-order valence-electron chi connectivity index (χ3n) is 25.5. The van der Waals surface area contributed by atoms with Gasteiger partial charge in [0.1, 0.15) is 80.0 Å². The first-order valence-electron chi connectivity index (χ1n) is 43.6. The summed E-state index contributed by atoms with van der Waals surface area (Å²) in [5, 5.41) is 23.6. The molecule has 15 heteroatoms. The van der Waals surface area contributed by atoms with Crippen molar-refractivity contribution in [1.29, 1.82) is 0 Å². The molecule has 0 aliphatic heterocycles. The Bertz CT molecular complexity index is 8710. The van der Waals surface area contributed by atoms with Gasteiger partial charge in [-0.1, -0.05) is 175 Å². The van der Waals surface area contributed by atoms with Crippen molar-refractivity contribution in [3.8, 4) is 56.8 Å². The first-order valence-corrected chi connectivity index (χ1v) is 43.6. The molecule has 0 atom stereocenters. The lowest BCUT2D eigenvalue weighted by molar-refractivity contribution is -0.663. The second-order valence-electron chi connectivity index (χ2n) is 34.3. The van der Waals surface area contributed by atoms with Crippen LogP contribution < -0.4 is 22.8 Å². The van der Waals surface area contributed by atoms with E-state index in [0.29, 0.717) is 0 Å².